The third-order valence-electron chi connectivity index (χ3n) is 2.30. The lowest BCUT2D eigenvalue weighted by molar-refractivity contribution is -0.144. The Hall–Kier alpha value is -1.42. The Morgan fingerprint density at radius 3 is 2.53 bits per heavy atom. The highest BCUT2D eigenvalue weighted by molar-refractivity contribution is 5.96. The van der Waals surface area contributed by atoms with Crippen molar-refractivity contribution in [3.63, 3.8) is 0 Å². The van der Waals surface area contributed by atoms with Gasteiger partial charge in [0, 0.05) is 12.5 Å². The molecule has 0 saturated heterocycles. The predicted octanol–water partition coefficient (Wildman–Crippen LogP) is 1.90. The van der Waals surface area contributed by atoms with E-state index in [2.05, 4.69) is 17.9 Å². The molecule has 0 N–H and O–H groups in total. The van der Waals surface area contributed by atoms with Crippen LogP contribution >= 0.6 is 0 Å². The van der Waals surface area contributed by atoms with E-state index >= 15 is 0 Å². The summed E-state index contributed by atoms with van der Waals surface area (Å²) in [4.78, 5) is 22.7. The van der Waals surface area contributed by atoms with Crippen molar-refractivity contribution >= 4 is 11.8 Å². The van der Waals surface area contributed by atoms with Crippen LogP contribution in [0.5, 0.6) is 0 Å². The molecule has 0 bridgehead atoms. The van der Waals surface area contributed by atoms with Gasteiger partial charge >= 0.3 is 5.97 Å². The van der Waals surface area contributed by atoms with Crippen molar-refractivity contribution in [3.05, 3.63) is 25.3 Å². The Kier molecular flexibility index (Phi) is 8.96. The van der Waals surface area contributed by atoms with Crippen LogP contribution in [-0.4, -0.2) is 32.1 Å². The highest BCUT2D eigenvalue weighted by atomic mass is 16.5. The summed E-state index contributed by atoms with van der Waals surface area (Å²) in [7, 11) is 1.27. The minimum absolute atomic E-state index is 0.126. The number of rotatable bonds is 10. The molecule has 0 radical (unpaired) electrons. The number of Topliss-reactive ketones (excluding diaryl/α,β-unsaturated/α-hetero) is 1. The van der Waals surface area contributed by atoms with Crippen molar-refractivity contribution in [2.24, 2.45) is 5.92 Å². The number of esters is 1. The van der Waals surface area contributed by atoms with Gasteiger partial charge in [-0.25, -0.2) is 0 Å². The summed E-state index contributed by atoms with van der Waals surface area (Å²) in [5.41, 5.74) is 0. The average Bonchev–Trinajstić information content (AvgIpc) is 2.32. The Balaban J connectivity index is 4.10. The predicted molar refractivity (Wildman–Crippen MR) is 65.6 cm³/mol. The lowest BCUT2D eigenvalue weighted by atomic mass is 9.95. The van der Waals surface area contributed by atoms with Gasteiger partial charge in [0.25, 0.3) is 0 Å². The average molecular weight is 240 g/mol. The number of carbonyl (C=O) groups is 2. The number of allylic oxidation sites excluding steroid dienone is 1. The lowest BCUT2D eigenvalue weighted by Gasteiger charge is -2.13. The maximum Gasteiger partial charge on any atom is 0.313 e. The van der Waals surface area contributed by atoms with Crippen LogP contribution in [0.2, 0.25) is 0 Å². The van der Waals surface area contributed by atoms with Crippen LogP contribution in [0.1, 0.15) is 19.3 Å². The number of ketones is 1. The fourth-order valence-electron chi connectivity index (χ4n) is 1.36. The van der Waals surface area contributed by atoms with Gasteiger partial charge < -0.3 is 9.47 Å². The summed E-state index contributed by atoms with van der Waals surface area (Å²) >= 11 is 0. The van der Waals surface area contributed by atoms with Crippen molar-refractivity contribution in [2.45, 2.75) is 19.3 Å². The summed E-state index contributed by atoms with van der Waals surface area (Å²) < 4.78 is 9.68. The summed E-state index contributed by atoms with van der Waals surface area (Å²) in [6.07, 6.45) is 4.27. The maximum atomic E-state index is 11.7. The van der Waals surface area contributed by atoms with Crippen molar-refractivity contribution in [1.29, 1.82) is 0 Å². The topological polar surface area (TPSA) is 52.6 Å². The second kappa shape index (κ2) is 9.78. The zero-order valence-corrected chi connectivity index (χ0v) is 10.3. The quantitative estimate of drug-likeness (QED) is 0.253. The van der Waals surface area contributed by atoms with E-state index in [0.717, 1.165) is 0 Å². The Labute approximate surface area is 102 Å². The maximum absolute atomic E-state index is 11.7. The first-order chi connectivity index (χ1) is 8.15. The molecule has 0 aromatic heterocycles. The van der Waals surface area contributed by atoms with Gasteiger partial charge in [-0.1, -0.05) is 12.2 Å². The van der Waals surface area contributed by atoms with Gasteiger partial charge in [-0.15, -0.1) is 13.2 Å². The van der Waals surface area contributed by atoms with Gasteiger partial charge in [-0.3, -0.25) is 9.59 Å². The van der Waals surface area contributed by atoms with Gasteiger partial charge in [-0.05, 0) is 12.8 Å². The molecule has 0 aliphatic heterocycles. The molecule has 0 spiro atoms. The molecule has 96 valence electrons. The second-order valence-corrected chi connectivity index (χ2v) is 3.59. The van der Waals surface area contributed by atoms with E-state index < -0.39 is 5.97 Å². The van der Waals surface area contributed by atoms with Crippen molar-refractivity contribution in [1.82, 2.24) is 0 Å². The molecule has 0 aliphatic rings. The van der Waals surface area contributed by atoms with Gasteiger partial charge in [0.15, 0.2) is 0 Å². The fraction of sp³-hybridized carbons (Fsp3) is 0.538. The normalized spacial score (nSPS) is 11.6. The number of hydrogen-bond acceptors (Lipinski definition) is 4. The molecular formula is C13H20O4. The van der Waals surface area contributed by atoms with Gasteiger partial charge in [0.2, 0.25) is 0 Å². The van der Waals surface area contributed by atoms with Crippen LogP contribution in [0.4, 0.5) is 0 Å². The Bertz CT molecular complexity index is 271. The van der Waals surface area contributed by atoms with Crippen molar-refractivity contribution in [3.8, 4) is 0 Å². The van der Waals surface area contributed by atoms with E-state index in [0.29, 0.717) is 26.1 Å². The monoisotopic (exact) mass is 240 g/mol. The molecular weight excluding hydrogens is 220 g/mol. The summed E-state index contributed by atoms with van der Waals surface area (Å²) in [6, 6.07) is 0. The first-order valence-electron chi connectivity index (χ1n) is 5.54. The van der Waals surface area contributed by atoms with E-state index in [4.69, 9.17) is 4.74 Å². The van der Waals surface area contributed by atoms with Gasteiger partial charge in [0.05, 0.1) is 13.7 Å². The fourth-order valence-corrected chi connectivity index (χ4v) is 1.36. The third-order valence-corrected chi connectivity index (χ3v) is 2.30. The molecule has 0 aliphatic carbocycles. The zero-order chi connectivity index (χ0) is 13.1. The minimum atomic E-state index is -0.504. The molecule has 1 unspecified atom stereocenters. The third kappa shape index (κ3) is 7.47. The Morgan fingerprint density at radius 1 is 1.29 bits per heavy atom. The minimum Gasteiger partial charge on any atom is -0.469 e. The molecule has 4 heteroatoms. The van der Waals surface area contributed by atoms with Crippen LogP contribution in [0.15, 0.2) is 25.3 Å². The summed E-state index contributed by atoms with van der Waals surface area (Å²) in [5, 5.41) is 0. The number of methoxy groups -OCH3 is 1. The first-order valence-corrected chi connectivity index (χ1v) is 5.54. The van der Waals surface area contributed by atoms with Crippen LogP contribution in [-0.2, 0) is 19.1 Å². The van der Waals surface area contributed by atoms with Crippen LogP contribution in [0, 0.1) is 5.92 Å². The molecule has 4 nitrogen and oxygen atoms in total. The van der Waals surface area contributed by atoms with Crippen LogP contribution in [0.25, 0.3) is 0 Å². The molecule has 17 heavy (non-hydrogen) atoms. The molecule has 0 fully saturated rings. The van der Waals surface area contributed by atoms with E-state index in [1.165, 1.54) is 7.11 Å². The molecule has 1 atom stereocenters. The first kappa shape index (κ1) is 15.6. The SMILES string of the molecule is C=CCOCCC(CC=C)C(=O)CC(=O)OC. The summed E-state index contributed by atoms with van der Waals surface area (Å²) in [6.45, 7) is 8.07. The van der Waals surface area contributed by atoms with Crippen molar-refractivity contribution < 1.29 is 19.1 Å². The van der Waals surface area contributed by atoms with Crippen LogP contribution < -0.4 is 0 Å². The van der Waals surface area contributed by atoms with Crippen molar-refractivity contribution in [2.75, 3.05) is 20.3 Å². The molecule has 0 amide bonds. The van der Waals surface area contributed by atoms with Gasteiger partial charge in [-0.2, -0.15) is 0 Å². The highest BCUT2D eigenvalue weighted by Crippen LogP contribution is 2.13. The Morgan fingerprint density at radius 2 is 2.00 bits per heavy atom. The zero-order valence-electron chi connectivity index (χ0n) is 10.3. The van der Waals surface area contributed by atoms with E-state index in [1.54, 1.807) is 12.2 Å². The smallest absolute Gasteiger partial charge is 0.313 e. The summed E-state index contributed by atoms with van der Waals surface area (Å²) in [5.74, 6) is -0.855. The lowest BCUT2D eigenvalue weighted by Crippen LogP contribution is -2.20. The molecule has 0 aromatic rings. The van der Waals surface area contributed by atoms with Gasteiger partial charge in [0.1, 0.15) is 12.2 Å². The number of hydrogen-bond donors (Lipinski definition) is 0. The number of carbonyl (C=O) groups excluding carboxylic acids is 2. The second-order valence-electron chi connectivity index (χ2n) is 3.59. The molecule has 0 heterocycles. The number of ether oxygens (including phenoxy) is 2. The van der Waals surface area contributed by atoms with E-state index in [9.17, 15) is 9.59 Å². The standard InChI is InChI=1S/C13H20O4/c1-4-6-11(7-9-17-8-5-2)12(14)10-13(15)16-3/h4-5,11H,1-2,6-10H2,3H3. The molecule has 0 saturated carbocycles. The molecule has 0 rings (SSSR count). The molecule has 0 aromatic carbocycles. The highest BCUT2D eigenvalue weighted by Gasteiger charge is 2.20. The van der Waals surface area contributed by atoms with E-state index in [1.807, 2.05) is 0 Å². The largest absolute Gasteiger partial charge is 0.469 e. The van der Waals surface area contributed by atoms with E-state index in [-0.39, 0.29) is 18.1 Å². The van der Waals surface area contributed by atoms with Crippen LogP contribution in [0.3, 0.4) is 0 Å².